The molecule has 1 heterocycles. The minimum Gasteiger partial charge on any atom is -0.481 e. The van der Waals surface area contributed by atoms with Crippen LogP contribution in [-0.4, -0.2) is 29.5 Å². The summed E-state index contributed by atoms with van der Waals surface area (Å²) >= 11 is 0. The van der Waals surface area contributed by atoms with Crippen molar-refractivity contribution in [1.82, 2.24) is 9.97 Å². The third kappa shape index (κ3) is 3.92. The number of aromatic nitrogens is 2. The minimum absolute atomic E-state index is 0.0674. The van der Waals surface area contributed by atoms with Crippen LogP contribution in [0.2, 0.25) is 0 Å². The van der Waals surface area contributed by atoms with E-state index in [1.807, 2.05) is 0 Å². The van der Waals surface area contributed by atoms with Crippen LogP contribution in [0.3, 0.4) is 0 Å². The molecule has 0 spiro atoms. The third-order valence-electron chi connectivity index (χ3n) is 2.91. The van der Waals surface area contributed by atoms with Crippen molar-refractivity contribution in [3.8, 4) is 0 Å². The topological polar surface area (TPSA) is 129 Å². The maximum atomic E-state index is 12.8. The van der Waals surface area contributed by atoms with E-state index in [2.05, 4.69) is 14.7 Å². The summed E-state index contributed by atoms with van der Waals surface area (Å²) in [5.41, 5.74) is -0.730. The van der Waals surface area contributed by atoms with Crippen molar-refractivity contribution >= 4 is 21.9 Å². The molecule has 1 aromatic carbocycles. The van der Waals surface area contributed by atoms with Crippen LogP contribution in [-0.2, 0) is 21.2 Å². The fraction of sp³-hybridized carbons (Fsp3) is 0.154. The van der Waals surface area contributed by atoms with Crippen LogP contribution >= 0.6 is 0 Å². The van der Waals surface area contributed by atoms with Crippen LogP contribution in [0.4, 0.5) is 10.3 Å². The van der Waals surface area contributed by atoms with Gasteiger partial charge in [-0.15, -0.1) is 0 Å². The summed E-state index contributed by atoms with van der Waals surface area (Å²) in [6.07, 6.45) is -0.529. The van der Waals surface area contributed by atoms with Crippen LogP contribution in [0.1, 0.15) is 11.3 Å². The smallest absolute Gasteiger partial charge is 0.308 e. The van der Waals surface area contributed by atoms with Crippen LogP contribution in [0.15, 0.2) is 34.0 Å². The van der Waals surface area contributed by atoms with Crippen LogP contribution in [0, 0.1) is 12.7 Å². The van der Waals surface area contributed by atoms with E-state index in [9.17, 15) is 22.4 Å². The summed E-state index contributed by atoms with van der Waals surface area (Å²) in [5, 5.41) is 8.72. The highest BCUT2D eigenvalue weighted by Crippen LogP contribution is 2.13. The summed E-state index contributed by atoms with van der Waals surface area (Å²) in [4.78, 5) is 28.3. The molecule has 0 aliphatic heterocycles. The summed E-state index contributed by atoms with van der Waals surface area (Å²) in [6.45, 7) is 1.39. The SMILES string of the molecule is Cc1nc(NS(=O)(=O)c2ccc(F)cc2)[nH]c(=O)c1CC(=O)O. The number of benzene rings is 1. The molecule has 0 aliphatic rings. The highest BCUT2D eigenvalue weighted by molar-refractivity contribution is 7.92. The first-order valence-corrected chi connectivity index (χ1v) is 7.77. The Labute approximate surface area is 130 Å². The van der Waals surface area contributed by atoms with Gasteiger partial charge in [-0.25, -0.2) is 22.5 Å². The van der Waals surface area contributed by atoms with Gasteiger partial charge in [-0.1, -0.05) is 0 Å². The Morgan fingerprint density at radius 1 is 1.35 bits per heavy atom. The number of sulfonamides is 1. The normalized spacial score (nSPS) is 11.2. The van der Waals surface area contributed by atoms with Crippen molar-refractivity contribution in [2.45, 2.75) is 18.2 Å². The number of hydrogen-bond donors (Lipinski definition) is 3. The summed E-state index contributed by atoms with van der Waals surface area (Å²) in [7, 11) is -4.07. The van der Waals surface area contributed by atoms with E-state index in [4.69, 9.17) is 5.11 Å². The highest BCUT2D eigenvalue weighted by atomic mass is 32.2. The molecule has 122 valence electrons. The second-order valence-corrected chi connectivity index (χ2v) is 6.29. The molecule has 0 unspecified atom stereocenters. The zero-order valence-corrected chi connectivity index (χ0v) is 12.6. The molecule has 3 N–H and O–H groups in total. The van der Waals surface area contributed by atoms with Gasteiger partial charge in [-0.2, -0.15) is 0 Å². The summed E-state index contributed by atoms with van der Waals surface area (Å²) in [6, 6.07) is 4.07. The molecule has 0 amide bonds. The quantitative estimate of drug-likeness (QED) is 0.732. The van der Waals surface area contributed by atoms with E-state index < -0.39 is 33.8 Å². The molecular weight excluding hydrogens is 329 g/mol. The summed E-state index contributed by atoms with van der Waals surface area (Å²) in [5.74, 6) is -2.16. The van der Waals surface area contributed by atoms with Crippen molar-refractivity contribution in [2.24, 2.45) is 0 Å². The number of hydrogen-bond acceptors (Lipinski definition) is 5. The summed E-state index contributed by atoms with van der Waals surface area (Å²) < 4.78 is 39.1. The van der Waals surface area contributed by atoms with Gasteiger partial charge in [0.1, 0.15) is 5.82 Å². The first kappa shape index (κ1) is 16.6. The zero-order valence-electron chi connectivity index (χ0n) is 11.8. The number of H-pyrrole nitrogens is 1. The predicted molar refractivity (Wildman–Crippen MR) is 78.1 cm³/mol. The molecule has 0 fully saturated rings. The Hall–Kier alpha value is -2.75. The van der Waals surface area contributed by atoms with E-state index >= 15 is 0 Å². The lowest BCUT2D eigenvalue weighted by Gasteiger charge is -2.09. The van der Waals surface area contributed by atoms with Crippen molar-refractivity contribution < 1.29 is 22.7 Å². The number of carboxylic acid groups (broad SMARTS) is 1. The number of halogens is 1. The van der Waals surface area contributed by atoms with Gasteiger partial charge in [0.25, 0.3) is 15.6 Å². The molecule has 0 atom stereocenters. The molecule has 10 heteroatoms. The standard InChI is InChI=1S/C13H12FN3O5S/c1-7-10(6-11(18)19)12(20)16-13(15-7)17-23(21,22)9-4-2-8(14)3-5-9/h2-5H,6H2,1H3,(H,18,19)(H2,15,16,17,20). The van der Waals surface area contributed by atoms with E-state index in [1.165, 1.54) is 6.92 Å². The lowest BCUT2D eigenvalue weighted by atomic mass is 10.2. The molecule has 23 heavy (non-hydrogen) atoms. The van der Waals surface area contributed by atoms with Gasteiger partial charge in [0.2, 0.25) is 5.95 Å². The molecule has 0 bridgehead atoms. The maximum absolute atomic E-state index is 12.8. The van der Waals surface area contributed by atoms with Crippen LogP contribution in [0.25, 0.3) is 0 Å². The lowest BCUT2D eigenvalue weighted by Crippen LogP contribution is -2.23. The fourth-order valence-corrected chi connectivity index (χ4v) is 2.78. The predicted octanol–water partition coefficient (Wildman–Crippen LogP) is 0.645. The molecule has 2 aromatic rings. The van der Waals surface area contributed by atoms with Gasteiger partial charge in [-0.3, -0.25) is 14.6 Å². The number of nitrogens with zero attached hydrogens (tertiary/aromatic N) is 1. The molecule has 0 aliphatic carbocycles. The van der Waals surface area contributed by atoms with Gasteiger partial charge >= 0.3 is 5.97 Å². The molecule has 0 saturated heterocycles. The first-order valence-electron chi connectivity index (χ1n) is 6.29. The van der Waals surface area contributed by atoms with E-state index in [-0.39, 0.29) is 22.1 Å². The molecule has 0 radical (unpaired) electrons. The highest BCUT2D eigenvalue weighted by Gasteiger charge is 2.18. The Morgan fingerprint density at radius 3 is 2.48 bits per heavy atom. The third-order valence-corrected chi connectivity index (χ3v) is 4.26. The van der Waals surface area contributed by atoms with E-state index in [0.717, 1.165) is 24.3 Å². The van der Waals surface area contributed by atoms with Gasteiger partial charge in [0.05, 0.1) is 17.0 Å². The van der Waals surface area contributed by atoms with E-state index in [0.29, 0.717) is 0 Å². The van der Waals surface area contributed by atoms with Gasteiger partial charge in [0.15, 0.2) is 0 Å². The lowest BCUT2D eigenvalue weighted by molar-refractivity contribution is -0.136. The van der Waals surface area contributed by atoms with Crippen LogP contribution < -0.4 is 10.3 Å². The number of aliphatic carboxylic acids is 1. The van der Waals surface area contributed by atoms with Crippen molar-refractivity contribution in [3.05, 3.63) is 51.7 Å². The van der Waals surface area contributed by atoms with Crippen molar-refractivity contribution in [3.63, 3.8) is 0 Å². The van der Waals surface area contributed by atoms with Crippen LogP contribution in [0.5, 0.6) is 0 Å². The number of carbonyl (C=O) groups is 1. The van der Waals surface area contributed by atoms with E-state index in [1.54, 1.807) is 0 Å². The Bertz CT molecular complexity index is 906. The first-order chi connectivity index (χ1) is 10.7. The maximum Gasteiger partial charge on any atom is 0.308 e. The number of rotatable bonds is 5. The molecule has 8 nitrogen and oxygen atoms in total. The molecule has 0 saturated carbocycles. The molecule has 1 aromatic heterocycles. The Balaban J connectivity index is 2.35. The molecular formula is C13H12FN3O5S. The second-order valence-electron chi connectivity index (χ2n) is 4.61. The largest absolute Gasteiger partial charge is 0.481 e. The van der Waals surface area contributed by atoms with Gasteiger partial charge < -0.3 is 5.11 Å². The monoisotopic (exact) mass is 341 g/mol. The van der Waals surface area contributed by atoms with Gasteiger partial charge in [-0.05, 0) is 31.2 Å². The van der Waals surface area contributed by atoms with Gasteiger partial charge in [0, 0.05) is 5.56 Å². The van der Waals surface area contributed by atoms with Crippen molar-refractivity contribution in [2.75, 3.05) is 4.72 Å². The number of anilines is 1. The zero-order chi connectivity index (χ0) is 17.2. The second kappa shape index (κ2) is 6.16. The fourth-order valence-electron chi connectivity index (χ4n) is 1.82. The number of aryl methyl sites for hydroxylation is 1. The molecule has 2 rings (SSSR count). The number of aromatic amines is 1. The average Bonchev–Trinajstić information content (AvgIpc) is 2.42. The Kier molecular flexibility index (Phi) is 4.45. The van der Waals surface area contributed by atoms with Crippen molar-refractivity contribution in [1.29, 1.82) is 0 Å². The number of carboxylic acids is 1. The minimum atomic E-state index is -4.07. The Morgan fingerprint density at radius 2 is 1.96 bits per heavy atom. The number of nitrogens with one attached hydrogen (secondary N) is 2. The average molecular weight is 341 g/mol.